The zero-order valence-corrected chi connectivity index (χ0v) is 22.6. The Morgan fingerprint density at radius 2 is 1.85 bits per heavy atom. The second kappa shape index (κ2) is 13.2. The molecule has 34 heavy (non-hydrogen) atoms. The van der Waals surface area contributed by atoms with Crippen LogP contribution in [0, 0.1) is 5.92 Å². The zero-order valence-electron chi connectivity index (χ0n) is 22.6. The highest BCUT2D eigenvalue weighted by molar-refractivity contribution is 5.96. The number of hydrogen-bond donors (Lipinski definition) is 1. The van der Waals surface area contributed by atoms with Crippen LogP contribution < -0.4 is 0 Å². The molecule has 1 aromatic carbocycles. The fourth-order valence-electron chi connectivity index (χ4n) is 4.48. The number of fused-ring (bicyclic) bond motifs is 1. The van der Waals surface area contributed by atoms with E-state index in [-0.39, 0.29) is 17.9 Å². The molecular formula is C28H47N3O3. The van der Waals surface area contributed by atoms with Gasteiger partial charge in [-0.15, -0.1) is 0 Å². The number of amides is 1. The number of rotatable bonds is 9. The average molecular weight is 474 g/mol. The number of benzene rings is 1. The van der Waals surface area contributed by atoms with Crippen molar-refractivity contribution in [1.82, 2.24) is 14.6 Å². The van der Waals surface area contributed by atoms with Crippen molar-refractivity contribution in [1.29, 1.82) is 0 Å². The number of carbonyl (C=O) groups is 1. The lowest BCUT2D eigenvalue weighted by molar-refractivity contribution is -0.130. The smallest absolute Gasteiger partial charge is 0.277 e. The van der Waals surface area contributed by atoms with Gasteiger partial charge in [0.1, 0.15) is 12.4 Å². The summed E-state index contributed by atoms with van der Waals surface area (Å²) in [6, 6.07) is 5.79. The van der Waals surface area contributed by atoms with Crippen LogP contribution in [-0.2, 0) is 16.8 Å². The molecule has 0 aliphatic heterocycles. The Morgan fingerprint density at radius 1 is 1.21 bits per heavy atom. The van der Waals surface area contributed by atoms with E-state index in [1.54, 1.807) is 7.05 Å². The molecule has 0 radical (unpaired) electrons. The maximum absolute atomic E-state index is 12.9. The first kappa shape index (κ1) is 28.3. The molecule has 3 rings (SSSR count). The van der Waals surface area contributed by atoms with Gasteiger partial charge >= 0.3 is 0 Å². The van der Waals surface area contributed by atoms with Crippen molar-refractivity contribution in [2.75, 3.05) is 13.7 Å². The normalized spacial score (nSPS) is 16.0. The van der Waals surface area contributed by atoms with Gasteiger partial charge in [0.25, 0.3) is 5.91 Å². The second-order valence-electron chi connectivity index (χ2n) is 10.0. The van der Waals surface area contributed by atoms with Gasteiger partial charge in [0.15, 0.2) is 0 Å². The van der Waals surface area contributed by atoms with Crippen molar-refractivity contribution >= 4 is 16.9 Å². The topological polar surface area (TPSA) is 67.6 Å². The first-order valence-electron chi connectivity index (χ1n) is 13.4. The predicted octanol–water partition coefficient (Wildman–Crippen LogP) is 6.50. The summed E-state index contributed by atoms with van der Waals surface area (Å²) in [6.45, 7) is 13.7. The van der Waals surface area contributed by atoms with Gasteiger partial charge in [-0.05, 0) is 49.8 Å². The highest BCUT2D eigenvalue weighted by Crippen LogP contribution is 2.33. The predicted molar refractivity (Wildman–Crippen MR) is 140 cm³/mol. The molecule has 2 aromatic rings. The Kier molecular flexibility index (Phi) is 11.0. The average Bonchev–Trinajstić information content (AvgIpc) is 3.02. The van der Waals surface area contributed by atoms with E-state index in [2.05, 4.69) is 25.3 Å². The third kappa shape index (κ3) is 7.05. The number of carbonyl (C=O) groups excluding carboxylic acids is 1. The summed E-state index contributed by atoms with van der Waals surface area (Å²) in [4.78, 5) is 23.4. The van der Waals surface area contributed by atoms with Gasteiger partial charge in [0.05, 0.1) is 17.1 Å². The molecule has 1 aliphatic rings. The molecule has 0 saturated heterocycles. The molecule has 1 saturated carbocycles. The van der Waals surface area contributed by atoms with Crippen molar-refractivity contribution < 1.29 is 14.7 Å². The largest absolute Gasteiger partial charge is 0.391 e. The number of hydroxylamine groups is 2. The summed E-state index contributed by atoms with van der Waals surface area (Å²) in [7, 11) is 1.59. The van der Waals surface area contributed by atoms with Crippen molar-refractivity contribution in [3.63, 3.8) is 0 Å². The molecule has 1 unspecified atom stereocenters. The van der Waals surface area contributed by atoms with Crippen LogP contribution in [-0.4, -0.2) is 45.4 Å². The molecule has 1 N–H and O–H groups in total. The van der Waals surface area contributed by atoms with E-state index >= 15 is 0 Å². The van der Waals surface area contributed by atoms with Gasteiger partial charge in [-0.2, -0.15) is 0 Å². The molecule has 1 heterocycles. The van der Waals surface area contributed by atoms with Crippen LogP contribution in [0.25, 0.3) is 11.0 Å². The molecule has 192 valence electrons. The Balaban J connectivity index is 0.00000199. The van der Waals surface area contributed by atoms with Gasteiger partial charge < -0.3 is 9.67 Å². The molecule has 6 nitrogen and oxygen atoms in total. The number of aromatic nitrogens is 2. The monoisotopic (exact) mass is 473 g/mol. The number of aliphatic hydroxyl groups excluding tert-OH is 1. The molecule has 0 bridgehead atoms. The van der Waals surface area contributed by atoms with Crippen molar-refractivity contribution in [3.8, 4) is 0 Å². The van der Waals surface area contributed by atoms with Gasteiger partial charge in [0.2, 0.25) is 0 Å². The summed E-state index contributed by atoms with van der Waals surface area (Å²) in [5.74, 6) is 1.57. The van der Waals surface area contributed by atoms with Gasteiger partial charge in [-0.1, -0.05) is 67.2 Å². The molecule has 6 heteroatoms. The Bertz CT molecular complexity index is 898. The van der Waals surface area contributed by atoms with Crippen LogP contribution in [0.3, 0.4) is 0 Å². The highest BCUT2D eigenvalue weighted by Gasteiger charge is 2.28. The van der Waals surface area contributed by atoms with E-state index in [4.69, 9.17) is 9.82 Å². The van der Waals surface area contributed by atoms with Crippen molar-refractivity contribution in [2.45, 2.75) is 111 Å². The van der Waals surface area contributed by atoms with E-state index in [1.807, 2.05) is 39.0 Å². The maximum Gasteiger partial charge on any atom is 0.277 e. The van der Waals surface area contributed by atoms with Crippen LogP contribution >= 0.6 is 0 Å². The van der Waals surface area contributed by atoms with E-state index in [1.165, 1.54) is 43.6 Å². The minimum absolute atomic E-state index is 0.0376. The SMILES string of the molecule is CC.CCC(O)CON(C)C(=O)c1ccc2c(c1)nc(C(C)(C)CC)n2CC1CCCCCC1. The number of aliphatic hydroxyl groups is 1. The molecule has 1 fully saturated rings. The Morgan fingerprint density at radius 3 is 2.44 bits per heavy atom. The highest BCUT2D eigenvalue weighted by atomic mass is 16.7. The van der Waals surface area contributed by atoms with Crippen LogP contribution in [0.4, 0.5) is 0 Å². The molecule has 1 atom stereocenters. The first-order chi connectivity index (χ1) is 16.3. The fraction of sp³-hybridized carbons (Fsp3) is 0.714. The summed E-state index contributed by atoms with van der Waals surface area (Å²) < 4.78 is 2.42. The van der Waals surface area contributed by atoms with Crippen LogP contribution in [0.5, 0.6) is 0 Å². The van der Waals surface area contributed by atoms with Crippen LogP contribution in [0.15, 0.2) is 18.2 Å². The quantitative estimate of drug-likeness (QED) is 0.334. The van der Waals surface area contributed by atoms with Crippen molar-refractivity contribution in [2.24, 2.45) is 5.92 Å². The lowest BCUT2D eigenvalue weighted by Crippen LogP contribution is -2.30. The molecule has 1 aliphatic carbocycles. The lowest BCUT2D eigenvalue weighted by atomic mass is 9.89. The van der Waals surface area contributed by atoms with E-state index < -0.39 is 6.10 Å². The second-order valence-corrected chi connectivity index (χ2v) is 10.0. The van der Waals surface area contributed by atoms with E-state index in [9.17, 15) is 9.90 Å². The van der Waals surface area contributed by atoms with Crippen LogP contribution in [0.2, 0.25) is 0 Å². The van der Waals surface area contributed by atoms with E-state index in [0.717, 1.165) is 29.8 Å². The number of hydrogen-bond acceptors (Lipinski definition) is 4. The van der Waals surface area contributed by atoms with Crippen LogP contribution in [0.1, 0.15) is 109 Å². The lowest BCUT2D eigenvalue weighted by Gasteiger charge is -2.26. The minimum atomic E-state index is -0.578. The maximum atomic E-state index is 12.9. The fourth-order valence-corrected chi connectivity index (χ4v) is 4.48. The minimum Gasteiger partial charge on any atom is -0.391 e. The summed E-state index contributed by atoms with van der Waals surface area (Å²) in [5.41, 5.74) is 2.48. The van der Waals surface area contributed by atoms with Gasteiger partial charge in [-0.3, -0.25) is 9.63 Å². The zero-order chi connectivity index (χ0) is 25.3. The van der Waals surface area contributed by atoms with Gasteiger partial charge in [0, 0.05) is 24.6 Å². The number of nitrogens with zero attached hydrogens (tertiary/aromatic N) is 3. The summed E-state index contributed by atoms with van der Waals surface area (Å²) in [5, 5.41) is 10.9. The van der Waals surface area contributed by atoms with Crippen molar-refractivity contribution in [3.05, 3.63) is 29.6 Å². The number of imidazole rings is 1. The summed E-state index contributed by atoms with van der Waals surface area (Å²) in [6.07, 6.45) is 8.93. The Hall–Kier alpha value is -1.92. The van der Waals surface area contributed by atoms with Gasteiger partial charge in [-0.25, -0.2) is 10.0 Å². The molecule has 1 aromatic heterocycles. The molecular weight excluding hydrogens is 426 g/mol. The third-order valence-electron chi connectivity index (χ3n) is 7.12. The molecule has 1 amide bonds. The Labute approximate surface area is 206 Å². The summed E-state index contributed by atoms with van der Waals surface area (Å²) >= 11 is 0. The first-order valence-corrected chi connectivity index (χ1v) is 13.4. The molecule has 0 spiro atoms. The third-order valence-corrected chi connectivity index (χ3v) is 7.12. The van der Waals surface area contributed by atoms with E-state index in [0.29, 0.717) is 17.9 Å². The standard InChI is InChI=1S/C26H41N3O3.C2H6/c1-6-21(30)18-32-28(5)24(31)20-14-15-23-22(16-20)27-25(26(3,4)7-2)29(23)17-19-12-10-8-9-11-13-19;1-2/h14-16,19,21,30H,6-13,17-18H2,1-5H3;1-2H3.